The van der Waals surface area contributed by atoms with Crippen LogP contribution in [0.4, 0.5) is 28.4 Å². The summed E-state index contributed by atoms with van der Waals surface area (Å²) in [6.45, 7) is 6.11. The summed E-state index contributed by atoms with van der Waals surface area (Å²) in [7, 11) is 0. The number of hydrogen-bond donors (Lipinski definition) is 0. The van der Waals surface area contributed by atoms with Gasteiger partial charge in [0.05, 0.1) is 0 Å². The molecule has 7 rings (SSSR count). The lowest BCUT2D eigenvalue weighted by molar-refractivity contribution is 0.968. The van der Waals surface area contributed by atoms with E-state index in [4.69, 9.17) is 0 Å². The maximum atomic E-state index is 3.88. The number of anilines is 5. The van der Waals surface area contributed by atoms with Crippen molar-refractivity contribution in [3.05, 3.63) is 174 Å². The summed E-state index contributed by atoms with van der Waals surface area (Å²) < 4.78 is 0. The van der Waals surface area contributed by atoms with Gasteiger partial charge in [0.15, 0.2) is 0 Å². The van der Waals surface area contributed by atoms with E-state index < -0.39 is 0 Å². The van der Waals surface area contributed by atoms with Gasteiger partial charge in [0, 0.05) is 34.1 Å². The summed E-state index contributed by atoms with van der Waals surface area (Å²) in [6, 6.07) is 44.5. The second-order valence-electron chi connectivity index (χ2n) is 11.4. The summed E-state index contributed by atoms with van der Waals surface area (Å²) in [6.07, 6.45) is 10.2. The molecule has 210 valence electrons. The fourth-order valence-corrected chi connectivity index (χ4v) is 6.60. The minimum absolute atomic E-state index is 1.01. The molecule has 2 aliphatic rings. The van der Waals surface area contributed by atoms with Crippen molar-refractivity contribution in [1.82, 2.24) is 0 Å². The summed E-state index contributed by atoms with van der Waals surface area (Å²) in [5.41, 5.74) is 15.3. The molecular weight excluding hydrogens is 520 g/mol. The van der Waals surface area contributed by atoms with Crippen LogP contribution in [-0.4, -0.2) is 0 Å². The molecule has 0 amide bonds. The van der Waals surface area contributed by atoms with Gasteiger partial charge in [0.2, 0.25) is 0 Å². The first kappa shape index (κ1) is 26.8. The average molecular weight is 557 g/mol. The molecule has 5 aromatic rings. The molecule has 0 saturated carbocycles. The topological polar surface area (TPSA) is 6.48 Å². The van der Waals surface area contributed by atoms with Gasteiger partial charge >= 0.3 is 0 Å². The SMILES string of the molecule is C=C/C=C\C1=C(C)N(c2ccc(-c3ccc(N4c5ccccc5CCc5ccccc54)cc3)cc2)c2ccccc2CC1. The van der Waals surface area contributed by atoms with Crippen molar-refractivity contribution in [3.8, 4) is 11.1 Å². The van der Waals surface area contributed by atoms with E-state index >= 15 is 0 Å². The Balaban J connectivity index is 1.23. The third-order valence-electron chi connectivity index (χ3n) is 8.84. The largest absolute Gasteiger partial charge is 0.314 e. The molecule has 0 bridgehead atoms. The summed E-state index contributed by atoms with van der Waals surface area (Å²) in [5, 5.41) is 0. The van der Waals surface area contributed by atoms with Crippen LogP contribution in [0, 0.1) is 0 Å². The van der Waals surface area contributed by atoms with Gasteiger partial charge in [-0.15, -0.1) is 0 Å². The second kappa shape index (κ2) is 11.7. The van der Waals surface area contributed by atoms with Crippen LogP contribution in [0.3, 0.4) is 0 Å². The van der Waals surface area contributed by atoms with Crippen molar-refractivity contribution >= 4 is 28.4 Å². The summed E-state index contributed by atoms with van der Waals surface area (Å²) >= 11 is 0. The zero-order chi connectivity index (χ0) is 29.2. The van der Waals surface area contributed by atoms with Crippen LogP contribution in [0.5, 0.6) is 0 Å². The van der Waals surface area contributed by atoms with E-state index in [1.807, 2.05) is 12.2 Å². The second-order valence-corrected chi connectivity index (χ2v) is 11.4. The molecule has 2 nitrogen and oxygen atoms in total. The first-order valence-corrected chi connectivity index (χ1v) is 15.2. The number of fused-ring (bicyclic) bond motifs is 3. The number of aryl methyl sites for hydroxylation is 3. The van der Waals surface area contributed by atoms with Crippen molar-refractivity contribution < 1.29 is 0 Å². The Bertz CT molecular complexity index is 1790. The molecule has 0 spiro atoms. The highest BCUT2D eigenvalue weighted by atomic mass is 15.2. The molecular formula is C41H36N2. The number of nitrogens with zero attached hydrogens (tertiary/aromatic N) is 2. The van der Waals surface area contributed by atoms with Gasteiger partial charge in [-0.1, -0.05) is 104 Å². The molecule has 0 aliphatic carbocycles. The van der Waals surface area contributed by atoms with Crippen molar-refractivity contribution in [3.63, 3.8) is 0 Å². The predicted molar refractivity (Wildman–Crippen MR) is 183 cm³/mol. The van der Waals surface area contributed by atoms with Crippen molar-refractivity contribution in [2.24, 2.45) is 0 Å². The first-order chi connectivity index (χ1) is 21.2. The van der Waals surface area contributed by atoms with Gasteiger partial charge in [-0.05, 0) is 108 Å². The maximum absolute atomic E-state index is 3.88. The zero-order valence-electron chi connectivity index (χ0n) is 24.7. The van der Waals surface area contributed by atoms with E-state index in [9.17, 15) is 0 Å². The van der Waals surface area contributed by atoms with E-state index in [2.05, 4.69) is 151 Å². The molecule has 0 radical (unpaired) electrons. The Hall–Kier alpha value is -5.08. The van der Waals surface area contributed by atoms with E-state index in [1.54, 1.807) is 0 Å². The molecule has 43 heavy (non-hydrogen) atoms. The zero-order valence-corrected chi connectivity index (χ0v) is 24.7. The lowest BCUT2D eigenvalue weighted by Gasteiger charge is -2.28. The molecule has 0 aromatic heterocycles. The summed E-state index contributed by atoms with van der Waals surface area (Å²) in [5.74, 6) is 0. The minimum Gasteiger partial charge on any atom is -0.314 e. The monoisotopic (exact) mass is 556 g/mol. The molecule has 0 fully saturated rings. The smallest absolute Gasteiger partial charge is 0.0493 e. The van der Waals surface area contributed by atoms with Crippen molar-refractivity contribution in [1.29, 1.82) is 0 Å². The molecule has 2 heteroatoms. The van der Waals surface area contributed by atoms with Crippen LogP contribution in [0.1, 0.15) is 30.0 Å². The lowest BCUT2D eigenvalue weighted by atomic mass is 10.0. The highest BCUT2D eigenvalue weighted by Crippen LogP contribution is 2.43. The Morgan fingerprint density at radius 2 is 0.930 bits per heavy atom. The van der Waals surface area contributed by atoms with Gasteiger partial charge in [0.25, 0.3) is 0 Å². The van der Waals surface area contributed by atoms with Gasteiger partial charge < -0.3 is 9.80 Å². The Kier molecular flexibility index (Phi) is 7.27. The van der Waals surface area contributed by atoms with E-state index in [-0.39, 0.29) is 0 Å². The van der Waals surface area contributed by atoms with Crippen LogP contribution >= 0.6 is 0 Å². The molecule has 0 atom stereocenters. The van der Waals surface area contributed by atoms with Crippen LogP contribution in [-0.2, 0) is 19.3 Å². The molecule has 0 saturated heterocycles. The molecule has 2 aliphatic heterocycles. The molecule has 2 heterocycles. The predicted octanol–water partition coefficient (Wildman–Crippen LogP) is 11.0. The molecule has 0 unspecified atom stereocenters. The normalized spacial score (nSPS) is 14.5. The van der Waals surface area contributed by atoms with E-state index in [1.165, 1.54) is 67.5 Å². The van der Waals surface area contributed by atoms with Gasteiger partial charge in [-0.25, -0.2) is 0 Å². The third-order valence-corrected chi connectivity index (χ3v) is 8.84. The Morgan fingerprint density at radius 3 is 1.42 bits per heavy atom. The number of benzene rings is 5. The van der Waals surface area contributed by atoms with Crippen LogP contribution in [0.15, 0.2) is 157 Å². The highest BCUT2D eigenvalue weighted by Gasteiger charge is 2.23. The van der Waals surface area contributed by atoms with Crippen molar-refractivity contribution in [2.45, 2.75) is 32.6 Å². The molecule has 5 aromatic carbocycles. The van der Waals surface area contributed by atoms with Crippen LogP contribution in [0.25, 0.3) is 11.1 Å². The van der Waals surface area contributed by atoms with Gasteiger partial charge in [-0.3, -0.25) is 0 Å². The fourth-order valence-electron chi connectivity index (χ4n) is 6.60. The third kappa shape index (κ3) is 5.10. The lowest BCUT2D eigenvalue weighted by Crippen LogP contribution is -2.15. The van der Waals surface area contributed by atoms with Crippen molar-refractivity contribution in [2.75, 3.05) is 9.80 Å². The quantitative estimate of drug-likeness (QED) is 0.199. The maximum Gasteiger partial charge on any atom is 0.0493 e. The highest BCUT2D eigenvalue weighted by molar-refractivity contribution is 5.83. The van der Waals surface area contributed by atoms with Crippen LogP contribution in [0.2, 0.25) is 0 Å². The number of rotatable bonds is 5. The van der Waals surface area contributed by atoms with Gasteiger partial charge in [-0.2, -0.15) is 0 Å². The first-order valence-electron chi connectivity index (χ1n) is 15.2. The Morgan fingerprint density at radius 1 is 0.512 bits per heavy atom. The number of hydrogen-bond acceptors (Lipinski definition) is 2. The average Bonchev–Trinajstić information content (AvgIpc) is 3.31. The summed E-state index contributed by atoms with van der Waals surface area (Å²) in [4.78, 5) is 4.83. The number of para-hydroxylation sites is 3. The van der Waals surface area contributed by atoms with E-state index in [0.29, 0.717) is 0 Å². The minimum atomic E-state index is 1.01. The fraction of sp³-hybridized carbons (Fsp3) is 0.122. The standard InChI is InChI=1S/C41H36N2/c1-3-4-11-31-18-19-34-12-5-8-15-39(34)42(30(31)2)37-26-22-32(23-27-37)33-24-28-38(29-25-33)43-40-16-9-6-13-35(40)20-21-36-14-7-10-17-41(36)43/h3-17,22-29H,1,18-21H2,2H3/b11-4-. The number of allylic oxidation sites excluding steroid dienone is 5. The van der Waals surface area contributed by atoms with E-state index in [0.717, 1.165) is 25.7 Å². The van der Waals surface area contributed by atoms with Crippen LogP contribution < -0.4 is 9.80 Å². The molecule has 0 N–H and O–H groups in total. The van der Waals surface area contributed by atoms with Gasteiger partial charge in [0.1, 0.15) is 0 Å². The Labute approximate surface area is 255 Å².